The molecule has 0 radical (unpaired) electrons. The van der Waals surface area contributed by atoms with E-state index in [1.807, 2.05) is 26.2 Å². The molecule has 0 atom stereocenters. The van der Waals surface area contributed by atoms with Crippen LogP contribution in [0.1, 0.15) is 13.8 Å². The lowest BCUT2D eigenvalue weighted by molar-refractivity contribution is 0.351. The smallest absolute Gasteiger partial charge is 0.109 e. The number of aliphatic imine (C=N–C) groups is 1. The van der Waals surface area contributed by atoms with Crippen LogP contribution in [0.25, 0.3) is 0 Å². The average Bonchev–Trinajstić information content (AvgIpc) is 2.39. The summed E-state index contributed by atoms with van der Waals surface area (Å²) >= 11 is 1.54. The number of hydrazine groups is 1. The van der Waals surface area contributed by atoms with Crippen molar-refractivity contribution in [1.82, 2.24) is 10.3 Å². The van der Waals surface area contributed by atoms with Crippen LogP contribution >= 0.6 is 11.8 Å². The third kappa shape index (κ3) is 7.32. The number of allylic oxidation sites excluding steroid dienone is 2. The van der Waals surface area contributed by atoms with Crippen LogP contribution < -0.4 is 16.9 Å². The van der Waals surface area contributed by atoms with Gasteiger partial charge in [-0.3, -0.25) is 10.8 Å². The Morgan fingerprint density at radius 1 is 1.45 bits per heavy atom. The Kier molecular flexibility index (Phi) is 9.79. The quantitative estimate of drug-likeness (QED) is 0.167. The lowest BCUT2D eigenvalue weighted by Gasteiger charge is -2.17. The van der Waals surface area contributed by atoms with E-state index in [1.165, 1.54) is 18.0 Å². The van der Waals surface area contributed by atoms with Gasteiger partial charge in [0.15, 0.2) is 0 Å². The summed E-state index contributed by atoms with van der Waals surface area (Å²) in [6.45, 7) is 5.85. The monoisotopic (exact) mass is 298 g/mol. The van der Waals surface area contributed by atoms with Crippen molar-refractivity contribution in [2.24, 2.45) is 16.6 Å². The molecule has 0 aliphatic heterocycles. The van der Waals surface area contributed by atoms with E-state index in [2.05, 4.69) is 10.3 Å². The van der Waals surface area contributed by atoms with Gasteiger partial charge in [-0.25, -0.2) is 5.01 Å². The summed E-state index contributed by atoms with van der Waals surface area (Å²) in [5, 5.41) is 12.3. The van der Waals surface area contributed by atoms with Gasteiger partial charge in [0.05, 0.1) is 6.54 Å². The third-order valence-corrected chi connectivity index (χ3v) is 3.26. The molecular weight excluding hydrogens is 272 g/mol. The molecule has 6 N–H and O–H groups in total. The standard InChI is InChI=1S/C13H26N6S/c1-5-18-11(12(7-14)20-4)6-10(2)8-19(16)9-13(15)17-3/h6-7,14,18H,5,8-9,16H2,1-4H3,(H2,15,17)/b10-6+,12-11+,14-7?. The molecule has 0 aromatic carbocycles. The zero-order valence-corrected chi connectivity index (χ0v) is 13.5. The first kappa shape index (κ1) is 18.7. The molecule has 0 aromatic heterocycles. The van der Waals surface area contributed by atoms with Crippen LogP contribution in [0.15, 0.2) is 27.2 Å². The average molecular weight is 298 g/mol. The van der Waals surface area contributed by atoms with Crippen LogP contribution in [-0.2, 0) is 0 Å². The fraction of sp³-hybridized carbons (Fsp3) is 0.538. The van der Waals surface area contributed by atoms with Crippen LogP contribution in [0.3, 0.4) is 0 Å². The Morgan fingerprint density at radius 2 is 2.10 bits per heavy atom. The van der Waals surface area contributed by atoms with Crippen molar-refractivity contribution >= 4 is 23.8 Å². The topological polar surface area (TPSA) is 104 Å². The first-order valence-electron chi connectivity index (χ1n) is 6.38. The zero-order chi connectivity index (χ0) is 15.5. The van der Waals surface area contributed by atoms with E-state index < -0.39 is 0 Å². The molecule has 0 unspecified atom stereocenters. The van der Waals surface area contributed by atoms with Gasteiger partial charge in [0.1, 0.15) is 5.84 Å². The molecule has 0 saturated carbocycles. The molecule has 0 aromatic rings. The van der Waals surface area contributed by atoms with Crippen molar-refractivity contribution in [1.29, 1.82) is 5.41 Å². The van der Waals surface area contributed by atoms with E-state index >= 15 is 0 Å². The summed E-state index contributed by atoms with van der Waals surface area (Å²) in [7, 11) is 1.65. The van der Waals surface area contributed by atoms with Crippen LogP contribution in [0.4, 0.5) is 0 Å². The molecule has 0 aliphatic carbocycles. The van der Waals surface area contributed by atoms with Crippen LogP contribution in [0, 0.1) is 5.41 Å². The van der Waals surface area contributed by atoms with Gasteiger partial charge in [-0.05, 0) is 26.2 Å². The number of likely N-dealkylation sites (N-methyl/N-ethyl adjacent to an activating group) is 1. The minimum Gasteiger partial charge on any atom is -0.386 e. The number of rotatable bonds is 9. The number of hydrogen-bond donors (Lipinski definition) is 4. The lowest BCUT2D eigenvalue weighted by atomic mass is 10.2. The number of nitrogens with two attached hydrogens (primary N) is 2. The van der Waals surface area contributed by atoms with Crippen LogP contribution in [-0.4, -0.2) is 50.0 Å². The van der Waals surface area contributed by atoms with Gasteiger partial charge in [-0.2, -0.15) is 0 Å². The van der Waals surface area contributed by atoms with Crippen molar-refractivity contribution < 1.29 is 0 Å². The number of nitrogens with zero attached hydrogens (tertiary/aromatic N) is 2. The number of nitrogens with one attached hydrogen (secondary N) is 2. The second kappa shape index (κ2) is 10.5. The van der Waals surface area contributed by atoms with Crippen molar-refractivity contribution in [2.45, 2.75) is 13.8 Å². The highest BCUT2D eigenvalue weighted by molar-refractivity contribution is 8.03. The second-order valence-electron chi connectivity index (χ2n) is 4.27. The van der Waals surface area contributed by atoms with E-state index in [9.17, 15) is 0 Å². The first-order chi connectivity index (χ1) is 9.48. The maximum Gasteiger partial charge on any atom is 0.109 e. The molecule has 0 spiro atoms. The van der Waals surface area contributed by atoms with E-state index in [-0.39, 0.29) is 0 Å². The Bertz CT molecular complexity index is 400. The number of amidine groups is 1. The van der Waals surface area contributed by atoms with E-state index in [1.54, 1.807) is 12.1 Å². The Hall–Kier alpha value is -1.31. The summed E-state index contributed by atoms with van der Waals surface area (Å²) in [4.78, 5) is 4.77. The minimum atomic E-state index is 0.432. The molecule has 0 rings (SSSR count). The Labute approximate surface area is 125 Å². The molecule has 114 valence electrons. The maximum absolute atomic E-state index is 7.43. The highest BCUT2D eigenvalue weighted by atomic mass is 32.2. The molecule has 0 aliphatic rings. The summed E-state index contributed by atoms with van der Waals surface area (Å²) < 4.78 is 0. The summed E-state index contributed by atoms with van der Waals surface area (Å²) in [5.74, 6) is 6.39. The summed E-state index contributed by atoms with van der Waals surface area (Å²) in [6.07, 6.45) is 5.32. The van der Waals surface area contributed by atoms with Gasteiger partial charge < -0.3 is 16.5 Å². The van der Waals surface area contributed by atoms with Crippen molar-refractivity contribution in [3.8, 4) is 0 Å². The fourth-order valence-electron chi connectivity index (χ4n) is 1.59. The van der Waals surface area contributed by atoms with Gasteiger partial charge in [0.2, 0.25) is 0 Å². The van der Waals surface area contributed by atoms with Gasteiger partial charge in [-0.15, -0.1) is 11.8 Å². The fourth-order valence-corrected chi connectivity index (χ4v) is 2.06. The largest absolute Gasteiger partial charge is 0.386 e. The highest BCUT2D eigenvalue weighted by Gasteiger charge is 2.05. The minimum absolute atomic E-state index is 0.432. The van der Waals surface area contributed by atoms with Crippen molar-refractivity contribution in [3.05, 3.63) is 22.3 Å². The molecular formula is C13H26N6S. The molecule has 0 bridgehead atoms. The zero-order valence-electron chi connectivity index (χ0n) is 12.7. The van der Waals surface area contributed by atoms with E-state index in [0.717, 1.165) is 22.7 Å². The SMILES string of the molecule is CCNC(/C=C(\C)CN(N)C/C(N)=N\C)=C(\C=N)SC. The Morgan fingerprint density at radius 3 is 2.55 bits per heavy atom. The molecule has 0 amide bonds. The molecule has 7 heteroatoms. The van der Waals surface area contributed by atoms with E-state index in [0.29, 0.717) is 18.9 Å². The highest BCUT2D eigenvalue weighted by Crippen LogP contribution is 2.15. The summed E-state index contributed by atoms with van der Waals surface area (Å²) in [6, 6.07) is 0. The number of thioether (sulfide) groups is 1. The van der Waals surface area contributed by atoms with Crippen LogP contribution in [0.5, 0.6) is 0 Å². The Balaban J connectivity index is 4.90. The molecule has 0 heterocycles. The predicted molar refractivity (Wildman–Crippen MR) is 90.1 cm³/mol. The summed E-state index contributed by atoms with van der Waals surface area (Å²) in [5.41, 5.74) is 7.67. The van der Waals surface area contributed by atoms with Gasteiger partial charge >= 0.3 is 0 Å². The third-order valence-electron chi connectivity index (χ3n) is 2.48. The van der Waals surface area contributed by atoms with Crippen molar-refractivity contribution in [3.63, 3.8) is 0 Å². The molecule has 0 saturated heterocycles. The molecule has 6 nitrogen and oxygen atoms in total. The van der Waals surface area contributed by atoms with Crippen LogP contribution in [0.2, 0.25) is 0 Å². The molecule has 0 fully saturated rings. The first-order valence-corrected chi connectivity index (χ1v) is 7.61. The predicted octanol–water partition coefficient (Wildman–Crippen LogP) is 0.929. The number of hydrogen-bond acceptors (Lipinski definition) is 6. The van der Waals surface area contributed by atoms with Crippen molar-refractivity contribution in [2.75, 3.05) is 32.9 Å². The molecule has 20 heavy (non-hydrogen) atoms. The van der Waals surface area contributed by atoms with E-state index in [4.69, 9.17) is 17.0 Å². The maximum atomic E-state index is 7.43. The second-order valence-corrected chi connectivity index (χ2v) is 5.12. The normalized spacial score (nSPS) is 14.3. The van der Waals surface area contributed by atoms with Gasteiger partial charge in [0.25, 0.3) is 0 Å². The lowest BCUT2D eigenvalue weighted by Crippen LogP contribution is -2.40. The van der Waals surface area contributed by atoms with Gasteiger partial charge in [-0.1, -0.05) is 5.57 Å². The van der Waals surface area contributed by atoms with Gasteiger partial charge in [0, 0.05) is 37.0 Å².